The number of amides is 1. The van der Waals surface area contributed by atoms with Crippen LogP contribution >= 0.6 is 15.6 Å². The molecule has 7 N–H and O–H groups in total. The molecule has 0 aliphatic carbocycles. The lowest BCUT2D eigenvalue weighted by Gasteiger charge is -2.23. The number of carbonyl (C=O) groups excluding carboxylic acids is 1. The van der Waals surface area contributed by atoms with Gasteiger partial charge in [0.15, 0.2) is 6.23 Å². The summed E-state index contributed by atoms with van der Waals surface area (Å²) in [7, 11) is -9.84. The van der Waals surface area contributed by atoms with E-state index < -0.39 is 52.5 Å². The number of ether oxygens (including phenoxy) is 5. The molecule has 1 aliphatic heterocycles. The molecule has 5 atom stereocenters. The molecule has 0 aromatic carbocycles. The number of nitrogens with zero attached hydrogens (tertiary/aromatic N) is 5. The van der Waals surface area contributed by atoms with E-state index in [1.807, 2.05) is 0 Å². The lowest BCUT2D eigenvalue weighted by Crippen LogP contribution is -2.37. The van der Waals surface area contributed by atoms with Gasteiger partial charge in [0.1, 0.15) is 24.1 Å². The second-order valence-electron chi connectivity index (χ2n) is 10.7. The van der Waals surface area contributed by atoms with Crippen molar-refractivity contribution >= 4 is 27.4 Å². The number of aliphatic hydroxyl groups is 1. The largest absolute Gasteiger partial charge is 0.472 e. The van der Waals surface area contributed by atoms with Gasteiger partial charge in [-0.15, -0.1) is 0 Å². The summed E-state index contributed by atoms with van der Waals surface area (Å²) in [4.78, 5) is 58.7. The van der Waals surface area contributed by atoms with Crippen LogP contribution in [0.15, 0.2) is 22.2 Å². The predicted molar refractivity (Wildman–Crippen MR) is 175 cm³/mol. The Morgan fingerprint density at radius 1 is 0.980 bits per heavy atom. The zero-order chi connectivity index (χ0) is 37.5. The van der Waals surface area contributed by atoms with Gasteiger partial charge < -0.3 is 54.5 Å². The average molecular weight is 776 g/mol. The molecule has 1 aliphatic rings. The quantitative estimate of drug-likeness (QED) is 0.0207. The maximum atomic E-state index is 12.6. The number of unbranched alkanes of at least 4 members (excludes halogenated alkanes) is 3. The summed E-state index contributed by atoms with van der Waals surface area (Å²) >= 11 is 0. The first-order valence-corrected chi connectivity index (χ1v) is 19.0. The maximum Gasteiger partial charge on any atom is 0.472 e. The van der Waals surface area contributed by atoms with Crippen molar-refractivity contribution in [2.45, 2.75) is 56.6 Å². The molecule has 1 amide bonds. The predicted octanol–water partition coefficient (Wildman–Crippen LogP) is 0.139. The number of nitrogens with two attached hydrogens (primary N) is 1. The number of nitrogens with one attached hydrogen (secondary N) is 1. The molecular formula is C26H47N7O16P2. The van der Waals surface area contributed by atoms with Crippen molar-refractivity contribution in [3.63, 3.8) is 0 Å². The summed E-state index contributed by atoms with van der Waals surface area (Å²) in [6.07, 6.45) is -2.92. The lowest BCUT2D eigenvalue weighted by molar-refractivity contribution is -0.122. The minimum absolute atomic E-state index is 0.115. The van der Waals surface area contributed by atoms with Gasteiger partial charge in [0.2, 0.25) is 5.91 Å². The molecule has 2 heterocycles. The van der Waals surface area contributed by atoms with Crippen LogP contribution in [0, 0.1) is 0 Å². The van der Waals surface area contributed by atoms with E-state index in [0.717, 1.165) is 10.8 Å². The van der Waals surface area contributed by atoms with Gasteiger partial charge in [0.25, 0.3) is 0 Å². The molecule has 1 aromatic rings. The Hall–Kier alpha value is -2.56. The van der Waals surface area contributed by atoms with E-state index in [4.69, 9.17) is 53.8 Å². The maximum absolute atomic E-state index is 12.6. The normalized spacial score (nSPS) is 20.2. The minimum atomic E-state index is -5.00. The number of azide groups is 1. The second kappa shape index (κ2) is 24.6. The summed E-state index contributed by atoms with van der Waals surface area (Å²) in [6, 6.07) is 1.23. The van der Waals surface area contributed by atoms with Crippen LogP contribution in [0.25, 0.3) is 10.4 Å². The van der Waals surface area contributed by atoms with Gasteiger partial charge in [-0.2, -0.15) is 4.98 Å². The Labute approximate surface area is 293 Å². The van der Waals surface area contributed by atoms with Gasteiger partial charge in [0.05, 0.1) is 66.1 Å². The van der Waals surface area contributed by atoms with Gasteiger partial charge in [-0.1, -0.05) is 18.0 Å². The number of hydrogen-bond donors (Lipinski definition) is 6. The number of carbonyl (C=O) groups is 1. The van der Waals surface area contributed by atoms with Crippen LogP contribution in [0.2, 0.25) is 0 Å². The number of phosphoric ester groups is 2. The summed E-state index contributed by atoms with van der Waals surface area (Å²) in [5, 5.41) is 16.9. The van der Waals surface area contributed by atoms with Crippen molar-refractivity contribution < 1.29 is 71.0 Å². The van der Waals surface area contributed by atoms with E-state index in [2.05, 4.69) is 24.9 Å². The van der Waals surface area contributed by atoms with Crippen LogP contribution in [0.5, 0.6) is 0 Å². The van der Waals surface area contributed by atoms with E-state index in [1.165, 1.54) is 6.07 Å². The molecule has 1 saturated heterocycles. The summed E-state index contributed by atoms with van der Waals surface area (Å²) in [5.41, 5.74) is 12.7. The van der Waals surface area contributed by atoms with Gasteiger partial charge >= 0.3 is 21.3 Å². The fraction of sp³-hybridized carbons (Fsp3) is 0.808. The minimum Gasteiger partial charge on any atom is -0.386 e. The number of aromatic nitrogens is 2. The van der Waals surface area contributed by atoms with Crippen LogP contribution < -0.4 is 16.7 Å². The Morgan fingerprint density at radius 3 is 2.24 bits per heavy atom. The number of aliphatic hydroxyl groups excluding tert-OH is 1. The monoisotopic (exact) mass is 775 g/mol. The fourth-order valence-electron chi connectivity index (χ4n) is 4.34. The van der Waals surface area contributed by atoms with Crippen LogP contribution in [0.3, 0.4) is 0 Å². The molecule has 25 heteroatoms. The van der Waals surface area contributed by atoms with Crippen molar-refractivity contribution in [2.75, 3.05) is 84.9 Å². The highest BCUT2D eigenvalue weighted by Gasteiger charge is 2.49. The van der Waals surface area contributed by atoms with Crippen molar-refractivity contribution in [3.05, 3.63) is 33.2 Å². The van der Waals surface area contributed by atoms with Crippen LogP contribution in [0.1, 0.15) is 38.3 Å². The van der Waals surface area contributed by atoms with Gasteiger partial charge in [-0.05, 0) is 24.4 Å². The van der Waals surface area contributed by atoms with Crippen molar-refractivity contribution in [3.8, 4) is 0 Å². The van der Waals surface area contributed by atoms with E-state index in [9.17, 15) is 28.7 Å². The Balaban J connectivity index is 1.54. The first kappa shape index (κ1) is 44.6. The summed E-state index contributed by atoms with van der Waals surface area (Å²) in [6.45, 7) is 2.46. The second-order valence-corrected chi connectivity index (χ2v) is 13.3. The highest BCUT2D eigenvalue weighted by atomic mass is 31.2. The fourth-order valence-corrected chi connectivity index (χ4v) is 5.67. The smallest absolute Gasteiger partial charge is 0.386 e. The highest BCUT2D eigenvalue weighted by molar-refractivity contribution is 7.47. The molecule has 0 spiro atoms. The molecule has 1 aromatic heterocycles. The van der Waals surface area contributed by atoms with Crippen LogP contribution in [-0.2, 0) is 51.2 Å². The number of anilines is 1. The summed E-state index contributed by atoms with van der Waals surface area (Å²) < 4.78 is 66.0. The van der Waals surface area contributed by atoms with Crippen LogP contribution in [0.4, 0.5) is 5.82 Å². The molecular weight excluding hydrogens is 728 g/mol. The number of nitrogen functional groups attached to an aromatic ring is 1. The molecule has 2 rings (SSSR count). The third kappa shape index (κ3) is 19.7. The van der Waals surface area contributed by atoms with Gasteiger partial charge in [0, 0.05) is 30.6 Å². The standard InChI is InChI=1S/C26H47N7O16P2/c27-21-5-9-33(26(36)31-21)25-23(35)24(20(48-25)19-47-50(37,38)39)49-51(40,41)46-10-4-2-1-3-7-29-22(34)6-11-42-13-15-44-17-18-45-16-14-43-12-8-30-32-28/h5,9,20,23-25,35H,1-4,6-8,10-19H2,(H,29,34)(H,40,41)(H2,27,31,36)(H2,37,38,39)/t20-,23+,24?,25-/m1/s1. The molecule has 1 fully saturated rings. The zero-order valence-corrected chi connectivity index (χ0v) is 29.7. The number of hydrogen-bond acceptors (Lipinski definition) is 16. The molecule has 2 unspecified atom stereocenters. The van der Waals surface area contributed by atoms with Gasteiger partial charge in [-0.25, -0.2) is 13.9 Å². The van der Waals surface area contributed by atoms with E-state index in [1.54, 1.807) is 0 Å². The van der Waals surface area contributed by atoms with E-state index >= 15 is 0 Å². The van der Waals surface area contributed by atoms with Crippen LogP contribution in [-0.4, -0.2) is 133 Å². The Morgan fingerprint density at radius 2 is 1.61 bits per heavy atom. The van der Waals surface area contributed by atoms with E-state index in [-0.39, 0.29) is 37.9 Å². The topological polar surface area (TPSA) is 328 Å². The number of phosphoric acid groups is 2. The van der Waals surface area contributed by atoms with Gasteiger partial charge in [-0.3, -0.25) is 22.9 Å². The molecule has 0 bridgehead atoms. The first-order valence-electron chi connectivity index (χ1n) is 16.0. The SMILES string of the molecule is [N-]=[N+]=NCCOCCOCCOCCOCCC(=O)NCCCCCCOP(=O)(O)OC1[C@@H](COP(=O)(O)O)O[C@@H](n2ccc(N)nc2=O)[C@H]1O. The van der Waals surface area contributed by atoms with Crippen molar-refractivity contribution in [1.82, 2.24) is 14.9 Å². The highest BCUT2D eigenvalue weighted by Crippen LogP contribution is 2.49. The van der Waals surface area contributed by atoms with E-state index in [0.29, 0.717) is 78.5 Å². The summed E-state index contributed by atoms with van der Waals surface area (Å²) in [5.74, 6) is -0.286. The average Bonchev–Trinajstić information content (AvgIpc) is 3.36. The third-order valence-corrected chi connectivity index (χ3v) is 8.24. The Bertz CT molecular complexity index is 1360. The molecule has 51 heavy (non-hydrogen) atoms. The van der Waals surface area contributed by atoms with Crippen molar-refractivity contribution in [1.29, 1.82) is 0 Å². The third-order valence-electron chi connectivity index (χ3n) is 6.73. The Kier molecular flexibility index (Phi) is 21.5. The number of rotatable bonds is 29. The molecule has 292 valence electrons. The molecule has 23 nitrogen and oxygen atoms in total. The molecule has 0 radical (unpaired) electrons. The molecule has 0 saturated carbocycles. The zero-order valence-electron chi connectivity index (χ0n) is 27.9. The first-order chi connectivity index (χ1) is 24.3. The van der Waals surface area contributed by atoms with Crippen molar-refractivity contribution in [2.24, 2.45) is 5.11 Å². The lowest BCUT2D eigenvalue weighted by atomic mass is 10.1.